The SMILES string of the molecule is COCC(Br)CN(C)c1ccncc1Br. The Balaban J connectivity index is 2.61. The van der Waals surface area contributed by atoms with Crippen LogP contribution in [0.3, 0.4) is 0 Å². The van der Waals surface area contributed by atoms with Gasteiger partial charge in [-0.3, -0.25) is 4.98 Å². The van der Waals surface area contributed by atoms with Crippen LogP contribution in [0.25, 0.3) is 0 Å². The fourth-order valence-electron chi connectivity index (χ4n) is 1.31. The molecule has 0 aliphatic heterocycles. The minimum atomic E-state index is 0.326. The van der Waals surface area contributed by atoms with Gasteiger partial charge in [0.1, 0.15) is 0 Å². The maximum atomic E-state index is 5.07. The van der Waals surface area contributed by atoms with Crippen molar-refractivity contribution < 1.29 is 4.74 Å². The number of methoxy groups -OCH3 is 1. The molecule has 5 heteroatoms. The zero-order valence-electron chi connectivity index (χ0n) is 8.78. The Morgan fingerprint density at radius 3 is 2.93 bits per heavy atom. The molecule has 3 nitrogen and oxygen atoms in total. The molecule has 0 radical (unpaired) electrons. The number of rotatable bonds is 5. The molecule has 84 valence electrons. The first-order valence-electron chi connectivity index (χ1n) is 4.58. The van der Waals surface area contributed by atoms with E-state index in [1.807, 2.05) is 13.1 Å². The summed E-state index contributed by atoms with van der Waals surface area (Å²) in [4.78, 5) is 6.52. The molecular weight excluding hydrogens is 324 g/mol. The van der Waals surface area contributed by atoms with Gasteiger partial charge in [-0.15, -0.1) is 0 Å². The zero-order chi connectivity index (χ0) is 11.3. The molecule has 1 unspecified atom stereocenters. The lowest BCUT2D eigenvalue weighted by Crippen LogP contribution is -2.28. The number of hydrogen-bond acceptors (Lipinski definition) is 3. The van der Waals surface area contributed by atoms with Gasteiger partial charge >= 0.3 is 0 Å². The Morgan fingerprint density at radius 1 is 1.60 bits per heavy atom. The van der Waals surface area contributed by atoms with Crippen LogP contribution in [-0.4, -0.2) is 37.1 Å². The fourth-order valence-corrected chi connectivity index (χ4v) is 2.56. The highest BCUT2D eigenvalue weighted by atomic mass is 79.9. The van der Waals surface area contributed by atoms with Gasteiger partial charge in [0.15, 0.2) is 0 Å². The van der Waals surface area contributed by atoms with E-state index in [2.05, 4.69) is 41.7 Å². The molecule has 0 saturated heterocycles. The highest BCUT2D eigenvalue weighted by Gasteiger charge is 2.10. The second-order valence-electron chi connectivity index (χ2n) is 3.26. The van der Waals surface area contributed by atoms with Crippen LogP contribution in [0, 0.1) is 0 Å². The van der Waals surface area contributed by atoms with Crippen LogP contribution in [0.4, 0.5) is 5.69 Å². The number of hydrogen-bond donors (Lipinski definition) is 0. The Labute approximate surface area is 107 Å². The van der Waals surface area contributed by atoms with E-state index in [1.165, 1.54) is 0 Å². The number of halogens is 2. The third-order valence-corrected chi connectivity index (χ3v) is 3.15. The smallest absolute Gasteiger partial charge is 0.0604 e. The molecule has 0 fully saturated rings. The molecule has 1 heterocycles. The number of nitrogens with zero attached hydrogens (tertiary/aromatic N) is 2. The zero-order valence-corrected chi connectivity index (χ0v) is 12.0. The fraction of sp³-hybridized carbons (Fsp3) is 0.500. The van der Waals surface area contributed by atoms with Crippen LogP contribution >= 0.6 is 31.9 Å². The molecule has 1 aromatic rings. The third kappa shape index (κ3) is 4.09. The minimum Gasteiger partial charge on any atom is -0.383 e. The molecule has 0 bridgehead atoms. The monoisotopic (exact) mass is 336 g/mol. The molecule has 0 amide bonds. The van der Waals surface area contributed by atoms with Gasteiger partial charge < -0.3 is 9.64 Å². The summed E-state index contributed by atoms with van der Waals surface area (Å²) in [5.41, 5.74) is 1.13. The molecule has 1 aromatic heterocycles. The van der Waals surface area contributed by atoms with Crippen LogP contribution in [0.5, 0.6) is 0 Å². The van der Waals surface area contributed by atoms with Gasteiger partial charge in [-0.05, 0) is 22.0 Å². The van der Waals surface area contributed by atoms with Crippen molar-refractivity contribution in [1.29, 1.82) is 0 Å². The maximum absolute atomic E-state index is 5.07. The number of alkyl halides is 1. The number of ether oxygens (including phenoxy) is 1. The minimum absolute atomic E-state index is 0.326. The molecule has 0 saturated carbocycles. The molecule has 0 aliphatic rings. The highest BCUT2D eigenvalue weighted by molar-refractivity contribution is 9.10. The normalized spacial score (nSPS) is 12.5. The molecule has 1 atom stereocenters. The van der Waals surface area contributed by atoms with Gasteiger partial charge in [0.2, 0.25) is 0 Å². The van der Waals surface area contributed by atoms with E-state index in [1.54, 1.807) is 19.5 Å². The van der Waals surface area contributed by atoms with E-state index < -0.39 is 0 Å². The van der Waals surface area contributed by atoms with Gasteiger partial charge in [-0.2, -0.15) is 0 Å². The number of pyridine rings is 1. The van der Waals surface area contributed by atoms with E-state index >= 15 is 0 Å². The van der Waals surface area contributed by atoms with E-state index in [9.17, 15) is 0 Å². The molecule has 0 aromatic carbocycles. The quantitative estimate of drug-likeness (QED) is 0.772. The van der Waals surface area contributed by atoms with Crippen molar-refractivity contribution in [2.45, 2.75) is 4.83 Å². The summed E-state index contributed by atoms with van der Waals surface area (Å²) in [6, 6.07) is 1.98. The van der Waals surface area contributed by atoms with Gasteiger partial charge in [0.05, 0.1) is 21.6 Å². The lowest BCUT2D eigenvalue weighted by Gasteiger charge is -2.23. The predicted molar refractivity (Wildman–Crippen MR) is 69.8 cm³/mol. The molecule has 0 spiro atoms. The maximum Gasteiger partial charge on any atom is 0.0604 e. The summed E-state index contributed by atoms with van der Waals surface area (Å²) in [6.45, 7) is 1.59. The molecule has 0 N–H and O–H groups in total. The predicted octanol–water partition coefficient (Wildman–Crippen LogP) is 2.69. The standard InChI is InChI=1S/C10H14Br2N2O/c1-14(6-8(11)7-15-2)10-3-4-13-5-9(10)12/h3-5,8H,6-7H2,1-2H3. The third-order valence-electron chi connectivity index (χ3n) is 1.98. The van der Waals surface area contributed by atoms with E-state index in [0.717, 1.165) is 16.7 Å². The Morgan fingerprint density at radius 2 is 2.33 bits per heavy atom. The molecular formula is C10H14Br2N2O. The Bertz CT molecular complexity index is 309. The summed E-state index contributed by atoms with van der Waals surface area (Å²) >= 11 is 7.04. The summed E-state index contributed by atoms with van der Waals surface area (Å²) in [5.74, 6) is 0. The van der Waals surface area contributed by atoms with Crippen LogP contribution in [-0.2, 0) is 4.74 Å². The van der Waals surface area contributed by atoms with Crippen molar-refractivity contribution in [3.05, 3.63) is 22.9 Å². The van der Waals surface area contributed by atoms with Crippen molar-refractivity contribution in [2.24, 2.45) is 0 Å². The van der Waals surface area contributed by atoms with Gasteiger partial charge in [0.25, 0.3) is 0 Å². The van der Waals surface area contributed by atoms with Crippen LogP contribution in [0.15, 0.2) is 22.9 Å². The average Bonchev–Trinajstić information content (AvgIpc) is 2.18. The Hall–Kier alpha value is -0.130. The topological polar surface area (TPSA) is 25.4 Å². The van der Waals surface area contributed by atoms with Crippen molar-refractivity contribution in [3.8, 4) is 0 Å². The Kier molecular flexibility index (Phi) is 5.56. The van der Waals surface area contributed by atoms with Crippen LogP contribution in [0.1, 0.15) is 0 Å². The second-order valence-corrected chi connectivity index (χ2v) is 5.41. The second kappa shape index (κ2) is 6.45. The average molecular weight is 338 g/mol. The first-order valence-corrected chi connectivity index (χ1v) is 6.29. The summed E-state index contributed by atoms with van der Waals surface area (Å²) < 4.78 is 6.08. The molecule has 0 aliphatic carbocycles. The highest BCUT2D eigenvalue weighted by Crippen LogP contribution is 2.24. The van der Waals surface area contributed by atoms with E-state index in [-0.39, 0.29) is 0 Å². The summed E-state index contributed by atoms with van der Waals surface area (Å²) in [6.07, 6.45) is 3.58. The largest absolute Gasteiger partial charge is 0.383 e. The van der Waals surface area contributed by atoms with Crippen molar-refractivity contribution in [1.82, 2.24) is 4.98 Å². The van der Waals surface area contributed by atoms with Crippen LogP contribution in [0.2, 0.25) is 0 Å². The number of anilines is 1. The van der Waals surface area contributed by atoms with Crippen LogP contribution < -0.4 is 4.90 Å². The lowest BCUT2D eigenvalue weighted by molar-refractivity contribution is 0.202. The first-order chi connectivity index (χ1) is 7.15. The molecule has 15 heavy (non-hydrogen) atoms. The number of aromatic nitrogens is 1. The molecule has 1 rings (SSSR count). The van der Waals surface area contributed by atoms with E-state index in [4.69, 9.17) is 4.74 Å². The summed E-state index contributed by atoms with van der Waals surface area (Å²) in [7, 11) is 3.75. The van der Waals surface area contributed by atoms with Gasteiger partial charge in [0, 0.05) is 33.1 Å². The van der Waals surface area contributed by atoms with E-state index in [0.29, 0.717) is 11.4 Å². The van der Waals surface area contributed by atoms with Gasteiger partial charge in [-0.25, -0.2) is 0 Å². The lowest BCUT2D eigenvalue weighted by atomic mass is 10.3. The van der Waals surface area contributed by atoms with Crippen molar-refractivity contribution in [2.75, 3.05) is 32.2 Å². The summed E-state index contributed by atoms with van der Waals surface area (Å²) in [5, 5.41) is 0. The van der Waals surface area contributed by atoms with Gasteiger partial charge in [-0.1, -0.05) is 15.9 Å². The van der Waals surface area contributed by atoms with Crippen molar-refractivity contribution in [3.63, 3.8) is 0 Å². The first kappa shape index (κ1) is 12.9. The van der Waals surface area contributed by atoms with Crippen molar-refractivity contribution >= 4 is 37.5 Å².